The van der Waals surface area contributed by atoms with Crippen LogP contribution in [0.25, 0.3) is 0 Å². The fourth-order valence-electron chi connectivity index (χ4n) is 2.10. The van der Waals surface area contributed by atoms with Crippen LogP contribution in [0.3, 0.4) is 0 Å². The highest BCUT2D eigenvalue weighted by Gasteiger charge is 2.11. The van der Waals surface area contributed by atoms with Crippen molar-refractivity contribution < 1.29 is 9.90 Å². The molecule has 106 valence electrons. The SMILES string of the molecule is CCC(CC)CC(=O)NCCC(O)c1ccccc1. The summed E-state index contributed by atoms with van der Waals surface area (Å²) < 4.78 is 0. The standard InChI is InChI=1S/C16H25NO2/c1-3-13(4-2)12-16(19)17-11-10-15(18)14-8-6-5-7-9-14/h5-9,13,15,18H,3-4,10-12H2,1-2H3,(H,17,19). The van der Waals surface area contributed by atoms with E-state index in [9.17, 15) is 9.90 Å². The molecule has 0 aromatic heterocycles. The number of carbonyl (C=O) groups is 1. The molecule has 0 aliphatic carbocycles. The summed E-state index contributed by atoms with van der Waals surface area (Å²) in [6, 6.07) is 9.54. The van der Waals surface area contributed by atoms with E-state index in [-0.39, 0.29) is 5.91 Å². The van der Waals surface area contributed by atoms with Crippen molar-refractivity contribution >= 4 is 5.91 Å². The predicted octanol–water partition coefficient (Wildman–Crippen LogP) is 3.05. The molecule has 0 radical (unpaired) electrons. The third-order valence-corrected chi connectivity index (χ3v) is 3.55. The molecule has 0 saturated heterocycles. The van der Waals surface area contributed by atoms with Gasteiger partial charge in [-0.1, -0.05) is 57.0 Å². The molecule has 0 aliphatic heterocycles. The molecule has 0 aliphatic rings. The van der Waals surface area contributed by atoms with Gasteiger partial charge in [-0.2, -0.15) is 0 Å². The van der Waals surface area contributed by atoms with Gasteiger partial charge in [0.15, 0.2) is 0 Å². The number of amides is 1. The molecular formula is C16H25NO2. The second kappa shape index (κ2) is 8.70. The lowest BCUT2D eigenvalue weighted by atomic mass is 9.99. The van der Waals surface area contributed by atoms with Crippen LogP contribution < -0.4 is 5.32 Å². The van der Waals surface area contributed by atoms with E-state index in [1.807, 2.05) is 30.3 Å². The second-order valence-electron chi connectivity index (χ2n) is 4.95. The Bertz CT molecular complexity index is 360. The minimum absolute atomic E-state index is 0.0916. The van der Waals surface area contributed by atoms with Crippen LogP contribution in [0, 0.1) is 5.92 Å². The van der Waals surface area contributed by atoms with Crippen LogP contribution in [-0.4, -0.2) is 17.6 Å². The zero-order valence-corrected chi connectivity index (χ0v) is 11.9. The van der Waals surface area contributed by atoms with Gasteiger partial charge in [0.1, 0.15) is 0 Å². The maximum Gasteiger partial charge on any atom is 0.220 e. The van der Waals surface area contributed by atoms with Crippen molar-refractivity contribution in [3.05, 3.63) is 35.9 Å². The summed E-state index contributed by atoms with van der Waals surface area (Å²) in [5, 5.41) is 12.8. The molecule has 1 aromatic carbocycles. The van der Waals surface area contributed by atoms with Gasteiger partial charge in [0.05, 0.1) is 6.10 Å². The minimum atomic E-state index is -0.505. The van der Waals surface area contributed by atoms with Gasteiger partial charge in [-0.05, 0) is 17.9 Å². The number of benzene rings is 1. The summed E-state index contributed by atoms with van der Waals surface area (Å²) in [4.78, 5) is 11.7. The Morgan fingerprint density at radius 2 is 1.84 bits per heavy atom. The van der Waals surface area contributed by atoms with Crippen LogP contribution >= 0.6 is 0 Å². The van der Waals surface area contributed by atoms with Crippen molar-refractivity contribution in [3.8, 4) is 0 Å². The first-order chi connectivity index (χ1) is 9.17. The van der Waals surface area contributed by atoms with Crippen LogP contribution in [-0.2, 0) is 4.79 Å². The first-order valence-electron chi connectivity index (χ1n) is 7.17. The zero-order valence-electron chi connectivity index (χ0n) is 11.9. The smallest absolute Gasteiger partial charge is 0.220 e. The number of aliphatic hydroxyl groups is 1. The lowest BCUT2D eigenvalue weighted by Gasteiger charge is -2.14. The van der Waals surface area contributed by atoms with Gasteiger partial charge in [-0.15, -0.1) is 0 Å². The van der Waals surface area contributed by atoms with Gasteiger partial charge in [-0.3, -0.25) is 4.79 Å². The van der Waals surface area contributed by atoms with Gasteiger partial charge in [0.25, 0.3) is 0 Å². The average Bonchev–Trinajstić information content (AvgIpc) is 2.45. The molecule has 0 bridgehead atoms. The summed E-state index contributed by atoms with van der Waals surface area (Å²) in [5.74, 6) is 0.563. The van der Waals surface area contributed by atoms with Crippen molar-refractivity contribution in [3.63, 3.8) is 0 Å². The summed E-state index contributed by atoms with van der Waals surface area (Å²) in [7, 11) is 0. The largest absolute Gasteiger partial charge is 0.388 e. The van der Waals surface area contributed by atoms with Crippen molar-refractivity contribution in [2.24, 2.45) is 5.92 Å². The molecule has 0 spiro atoms. The van der Waals surface area contributed by atoms with Gasteiger partial charge < -0.3 is 10.4 Å². The Morgan fingerprint density at radius 1 is 1.21 bits per heavy atom. The normalized spacial score (nSPS) is 12.4. The third kappa shape index (κ3) is 5.88. The quantitative estimate of drug-likeness (QED) is 0.757. The minimum Gasteiger partial charge on any atom is -0.388 e. The molecule has 3 nitrogen and oxygen atoms in total. The summed E-state index contributed by atoms with van der Waals surface area (Å²) in [6.07, 6.45) is 2.72. The molecule has 1 atom stereocenters. The molecule has 19 heavy (non-hydrogen) atoms. The highest BCUT2D eigenvalue weighted by atomic mass is 16.3. The fraction of sp³-hybridized carbons (Fsp3) is 0.562. The maximum atomic E-state index is 11.7. The summed E-state index contributed by atoms with van der Waals surface area (Å²) in [6.45, 7) is 4.75. The Balaban J connectivity index is 2.25. The predicted molar refractivity (Wildman–Crippen MR) is 77.7 cm³/mol. The molecule has 0 saturated carbocycles. The van der Waals surface area contributed by atoms with E-state index in [2.05, 4.69) is 19.2 Å². The monoisotopic (exact) mass is 263 g/mol. The van der Waals surface area contributed by atoms with Gasteiger partial charge in [-0.25, -0.2) is 0 Å². The molecule has 0 fully saturated rings. The highest BCUT2D eigenvalue weighted by Crippen LogP contribution is 2.15. The number of nitrogens with one attached hydrogen (secondary N) is 1. The van der Waals surface area contributed by atoms with E-state index in [4.69, 9.17) is 0 Å². The Kier molecular flexibility index (Phi) is 7.19. The van der Waals surface area contributed by atoms with E-state index in [0.29, 0.717) is 25.3 Å². The topological polar surface area (TPSA) is 49.3 Å². The molecule has 2 N–H and O–H groups in total. The Hall–Kier alpha value is -1.35. The maximum absolute atomic E-state index is 11.7. The number of carbonyl (C=O) groups excluding carboxylic acids is 1. The average molecular weight is 263 g/mol. The molecule has 3 heteroatoms. The van der Waals surface area contributed by atoms with Gasteiger partial charge in [0, 0.05) is 13.0 Å². The zero-order chi connectivity index (χ0) is 14.1. The van der Waals surface area contributed by atoms with Crippen molar-refractivity contribution in [2.75, 3.05) is 6.54 Å². The van der Waals surface area contributed by atoms with Crippen LogP contribution in [0.15, 0.2) is 30.3 Å². The number of hydrogen-bond donors (Lipinski definition) is 2. The van der Waals surface area contributed by atoms with E-state index in [1.54, 1.807) is 0 Å². The highest BCUT2D eigenvalue weighted by molar-refractivity contribution is 5.76. The van der Waals surface area contributed by atoms with Crippen molar-refractivity contribution in [1.82, 2.24) is 5.32 Å². The number of rotatable bonds is 8. The molecule has 1 aromatic rings. The first-order valence-corrected chi connectivity index (χ1v) is 7.17. The Labute approximate surface area is 116 Å². The van der Waals surface area contributed by atoms with Crippen molar-refractivity contribution in [2.45, 2.75) is 45.6 Å². The van der Waals surface area contributed by atoms with Crippen molar-refractivity contribution in [1.29, 1.82) is 0 Å². The van der Waals surface area contributed by atoms with E-state index in [1.165, 1.54) is 0 Å². The van der Waals surface area contributed by atoms with Gasteiger partial charge >= 0.3 is 0 Å². The lowest BCUT2D eigenvalue weighted by molar-refractivity contribution is -0.122. The van der Waals surface area contributed by atoms with Crippen LogP contribution in [0.5, 0.6) is 0 Å². The first kappa shape index (κ1) is 15.7. The fourth-order valence-corrected chi connectivity index (χ4v) is 2.10. The van der Waals surface area contributed by atoms with E-state index < -0.39 is 6.10 Å². The Morgan fingerprint density at radius 3 is 2.42 bits per heavy atom. The molecular weight excluding hydrogens is 238 g/mol. The second-order valence-corrected chi connectivity index (χ2v) is 4.95. The number of hydrogen-bond acceptors (Lipinski definition) is 2. The van der Waals surface area contributed by atoms with Gasteiger partial charge in [0.2, 0.25) is 5.91 Å². The molecule has 0 heterocycles. The van der Waals surface area contributed by atoms with E-state index >= 15 is 0 Å². The molecule has 1 rings (SSSR count). The van der Waals surface area contributed by atoms with Crippen LogP contribution in [0.4, 0.5) is 0 Å². The molecule has 1 amide bonds. The van der Waals surface area contributed by atoms with Crippen LogP contribution in [0.1, 0.15) is 51.2 Å². The third-order valence-electron chi connectivity index (χ3n) is 3.55. The van der Waals surface area contributed by atoms with Crippen LogP contribution in [0.2, 0.25) is 0 Å². The molecule has 1 unspecified atom stereocenters. The summed E-state index contributed by atoms with van der Waals surface area (Å²) in [5.41, 5.74) is 0.900. The summed E-state index contributed by atoms with van der Waals surface area (Å²) >= 11 is 0. The lowest BCUT2D eigenvalue weighted by Crippen LogP contribution is -2.27. The number of aliphatic hydroxyl groups excluding tert-OH is 1. The van der Waals surface area contributed by atoms with E-state index in [0.717, 1.165) is 18.4 Å².